The molecule has 0 aliphatic carbocycles. The van der Waals surface area contributed by atoms with Crippen molar-refractivity contribution in [3.8, 4) is 0 Å². The number of carboxylic acid groups (broad SMARTS) is 1. The number of halogens is 1. The molecule has 0 aliphatic rings. The van der Waals surface area contributed by atoms with E-state index in [0.717, 1.165) is 0 Å². The van der Waals surface area contributed by atoms with Crippen molar-refractivity contribution in [2.24, 2.45) is 16.6 Å². The summed E-state index contributed by atoms with van der Waals surface area (Å²) in [6.07, 6.45) is 0.859. The highest BCUT2D eigenvalue weighted by molar-refractivity contribution is 5.77. The number of hydrogen-bond acceptors (Lipinski definition) is 2. The van der Waals surface area contributed by atoms with E-state index in [9.17, 15) is 9.18 Å². The highest BCUT2D eigenvalue weighted by atomic mass is 19.1. The second kappa shape index (κ2) is 6.98. The van der Waals surface area contributed by atoms with Crippen molar-refractivity contribution in [1.82, 2.24) is 0 Å². The van der Waals surface area contributed by atoms with Crippen molar-refractivity contribution in [3.05, 3.63) is 11.4 Å². The maximum absolute atomic E-state index is 13.4. The van der Waals surface area contributed by atoms with Gasteiger partial charge in [-0.2, -0.15) is 0 Å². The van der Waals surface area contributed by atoms with Gasteiger partial charge in [0.15, 0.2) is 0 Å². The smallest absolute Gasteiger partial charge is 0.306 e. The fourth-order valence-corrected chi connectivity index (χ4v) is 1.02. The molecule has 0 heterocycles. The summed E-state index contributed by atoms with van der Waals surface area (Å²) in [5.74, 6) is -1.31. The van der Waals surface area contributed by atoms with Gasteiger partial charge in [-0.1, -0.05) is 6.92 Å². The van der Waals surface area contributed by atoms with Crippen LogP contribution in [-0.4, -0.2) is 23.5 Å². The van der Waals surface area contributed by atoms with E-state index >= 15 is 0 Å². The van der Waals surface area contributed by atoms with Crippen LogP contribution in [0.25, 0.3) is 0 Å². The highest BCUT2D eigenvalue weighted by Gasteiger charge is 2.11. The maximum atomic E-state index is 13.4. The molecule has 0 amide bonds. The third-order valence-corrected chi connectivity index (χ3v) is 2.30. The van der Waals surface area contributed by atoms with Gasteiger partial charge in [-0.25, -0.2) is 4.39 Å². The van der Waals surface area contributed by atoms with Gasteiger partial charge in [0.2, 0.25) is 0 Å². The molecule has 0 saturated carbocycles. The standard InChI is InChI=1S/C11H19FN2O2/c1-7(4-5-8(2)11(15)16)10(12)6-14-9(3)13/h8H,4-6H2,1-3H3,(H2,13,14)(H,15,16)/b10-7+. The summed E-state index contributed by atoms with van der Waals surface area (Å²) in [5.41, 5.74) is 5.83. The molecule has 1 unspecified atom stereocenters. The van der Waals surface area contributed by atoms with E-state index in [0.29, 0.717) is 24.3 Å². The predicted molar refractivity (Wildman–Crippen MR) is 62.0 cm³/mol. The van der Waals surface area contributed by atoms with Crippen LogP contribution in [0, 0.1) is 5.92 Å². The Balaban J connectivity index is 4.21. The monoisotopic (exact) mass is 230 g/mol. The lowest BCUT2D eigenvalue weighted by Gasteiger charge is -2.06. The molecule has 3 N–H and O–H groups in total. The zero-order valence-corrected chi connectivity index (χ0v) is 9.96. The molecule has 0 aromatic carbocycles. The Kier molecular flexibility index (Phi) is 6.37. The Labute approximate surface area is 95.1 Å². The summed E-state index contributed by atoms with van der Waals surface area (Å²) < 4.78 is 13.4. The van der Waals surface area contributed by atoms with E-state index in [2.05, 4.69) is 4.99 Å². The molecule has 16 heavy (non-hydrogen) atoms. The Morgan fingerprint density at radius 3 is 2.50 bits per heavy atom. The van der Waals surface area contributed by atoms with E-state index in [1.165, 1.54) is 0 Å². The molecule has 0 saturated heterocycles. The zero-order valence-electron chi connectivity index (χ0n) is 9.96. The average molecular weight is 230 g/mol. The first-order valence-electron chi connectivity index (χ1n) is 5.18. The van der Waals surface area contributed by atoms with Crippen LogP contribution in [0.4, 0.5) is 4.39 Å². The van der Waals surface area contributed by atoms with Crippen LogP contribution in [0.15, 0.2) is 16.4 Å². The summed E-state index contributed by atoms with van der Waals surface area (Å²) in [6, 6.07) is 0. The molecule has 4 nitrogen and oxygen atoms in total. The van der Waals surface area contributed by atoms with E-state index < -0.39 is 11.9 Å². The van der Waals surface area contributed by atoms with Gasteiger partial charge in [-0.3, -0.25) is 9.79 Å². The van der Waals surface area contributed by atoms with Gasteiger partial charge in [0.25, 0.3) is 0 Å². The Morgan fingerprint density at radius 2 is 2.06 bits per heavy atom. The van der Waals surface area contributed by atoms with Gasteiger partial charge in [-0.15, -0.1) is 0 Å². The van der Waals surface area contributed by atoms with Crippen LogP contribution < -0.4 is 5.73 Å². The minimum absolute atomic E-state index is 0.0599. The van der Waals surface area contributed by atoms with Crippen LogP contribution in [0.3, 0.4) is 0 Å². The van der Waals surface area contributed by atoms with Crippen molar-refractivity contribution in [2.45, 2.75) is 33.6 Å². The lowest BCUT2D eigenvalue weighted by molar-refractivity contribution is -0.141. The van der Waals surface area contributed by atoms with Crippen LogP contribution in [-0.2, 0) is 4.79 Å². The third-order valence-electron chi connectivity index (χ3n) is 2.30. The average Bonchev–Trinajstić information content (AvgIpc) is 2.21. The largest absolute Gasteiger partial charge is 0.481 e. The van der Waals surface area contributed by atoms with Gasteiger partial charge in [0.05, 0.1) is 18.3 Å². The van der Waals surface area contributed by atoms with Gasteiger partial charge in [-0.05, 0) is 32.3 Å². The highest BCUT2D eigenvalue weighted by Crippen LogP contribution is 2.16. The first-order chi connectivity index (χ1) is 7.34. The summed E-state index contributed by atoms with van der Waals surface area (Å²) >= 11 is 0. The predicted octanol–water partition coefficient (Wildman–Crippen LogP) is 2.11. The van der Waals surface area contributed by atoms with Gasteiger partial charge in [0, 0.05) is 0 Å². The number of carbonyl (C=O) groups is 1. The summed E-state index contributed by atoms with van der Waals surface area (Å²) in [7, 11) is 0. The molecule has 0 aromatic rings. The molecule has 0 fully saturated rings. The van der Waals surface area contributed by atoms with E-state index in [-0.39, 0.29) is 12.4 Å². The van der Waals surface area contributed by atoms with E-state index in [1.54, 1.807) is 20.8 Å². The fraction of sp³-hybridized carbons (Fsp3) is 0.636. The third kappa shape index (κ3) is 6.16. The minimum Gasteiger partial charge on any atom is -0.481 e. The molecule has 0 spiro atoms. The van der Waals surface area contributed by atoms with Crippen molar-refractivity contribution in [3.63, 3.8) is 0 Å². The van der Waals surface area contributed by atoms with E-state index in [1.807, 2.05) is 0 Å². The van der Waals surface area contributed by atoms with Gasteiger partial charge in [0.1, 0.15) is 5.83 Å². The molecule has 1 atom stereocenters. The zero-order chi connectivity index (χ0) is 12.7. The van der Waals surface area contributed by atoms with Crippen LogP contribution >= 0.6 is 0 Å². The Morgan fingerprint density at radius 1 is 1.50 bits per heavy atom. The van der Waals surface area contributed by atoms with Gasteiger partial charge < -0.3 is 10.8 Å². The molecule has 0 bridgehead atoms. The molecule has 5 heteroatoms. The molecular weight excluding hydrogens is 211 g/mol. The number of nitrogens with two attached hydrogens (primary N) is 1. The number of rotatable bonds is 6. The number of nitrogens with zero attached hydrogens (tertiary/aromatic N) is 1. The summed E-state index contributed by atoms with van der Waals surface area (Å²) in [6.45, 7) is 4.78. The van der Waals surface area contributed by atoms with Crippen molar-refractivity contribution in [2.75, 3.05) is 6.54 Å². The maximum Gasteiger partial charge on any atom is 0.306 e. The van der Waals surface area contributed by atoms with Gasteiger partial charge >= 0.3 is 5.97 Å². The lowest BCUT2D eigenvalue weighted by atomic mass is 10.0. The number of aliphatic imine (C=N–C) groups is 1. The molecule has 0 radical (unpaired) electrons. The number of hydrogen-bond donors (Lipinski definition) is 2. The normalized spacial score (nSPS) is 15.6. The molecule has 0 aromatic heterocycles. The van der Waals surface area contributed by atoms with Crippen molar-refractivity contribution in [1.29, 1.82) is 0 Å². The fourth-order valence-electron chi connectivity index (χ4n) is 1.02. The first kappa shape index (κ1) is 14.6. The minimum atomic E-state index is -0.857. The van der Waals surface area contributed by atoms with Crippen molar-refractivity contribution >= 4 is 11.8 Å². The van der Waals surface area contributed by atoms with Crippen LogP contribution in [0.5, 0.6) is 0 Å². The first-order valence-corrected chi connectivity index (χ1v) is 5.18. The second-order valence-corrected chi connectivity index (χ2v) is 3.92. The number of amidine groups is 1. The van der Waals surface area contributed by atoms with Crippen LogP contribution in [0.1, 0.15) is 33.6 Å². The second-order valence-electron chi connectivity index (χ2n) is 3.92. The Bertz CT molecular complexity index is 307. The van der Waals surface area contributed by atoms with Crippen LogP contribution in [0.2, 0.25) is 0 Å². The quantitative estimate of drug-likeness (QED) is 0.542. The molecule has 92 valence electrons. The molecule has 0 aliphatic heterocycles. The SMILES string of the molecule is CC(N)=NC/C(F)=C(/C)CCC(C)C(=O)O. The number of carboxylic acids is 1. The topological polar surface area (TPSA) is 75.7 Å². The summed E-state index contributed by atoms with van der Waals surface area (Å²) in [5, 5.41) is 8.66. The molecular formula is C11H19FN2O2. The van der Waals surface area contributed by atoms with Crippen molar-refractivity contribution < 1.29 is 14.3 Å². The number of aliphatic carboxylic acids is 1. The Hall–Kier alpha value is -1.39. The number of allylic oxidation sites excluding steroid dienone is 1. The lowest BCUT2D eigenvalue weighted by Crippen LogP contribution is -2.09. The van der Waals surface area contributed by atoms with E-state index in [4.69, 9.17) is 10.8 Å². The summed E-state index contributed by atoms with van der Waals surface area (Å²) in [4.78, 5) is 14.3. The molecule has 0 rings (SSSR count).